The summed E-state index contributed by atoms with van der Waals surface area (Å²) in [5.41, 5.74) is 3.15. The van der Waals surface area contributed by atoms with Gasteiger partial charge in [-0.05, 0) is 51.0 Å². The summed E-state index contributed by atoms with van der Waals surface area (Å²) in [4.78, 5) is 23.1. The number of nitrogens with zero attached hydrogens (tertiary/aromatic N) is 2. The van der Waals surface area contributed by atoms with Crippen molar-refractivity contribution in [3.63, 3.8) is 0 Å². The number of amides is 3. The number of carbonyl (C=O) groups is 2. The van der Waals surface area contributed by atoms with Gasteiger partial charge < -0.3 is 9.73 Å². The van der Waals surface area contributed by atoms with E-state index in [1.54, 1.807) is 0 Å². The molecule has 0 atom stereocenters. The van der Waals surface area contributed by atoms with Crippen molar-refractivity contribution >= 4 is 23.7 Å². The molecule has 7 nitrogen and oxygen atoms in total. The van der Waals surface area contributed by atoms with Gasteiger partial charge in [0.1, 0.15) is 0 Å². The molecular weight excluding hydrogens is 328 g/mol. The first-order chi connectivity index (χ1) is 11.3. The minimum atomic E-state index is -0.517. The Bertz CT molecular complexity index is 743. The summed E-state index contributed by atoms with van der Waals surface area (Å²) in [5, 5.41) is 13.0. The molecular formula is C16H20N4O3S. The second-order valence-corrected chi connectivity index (χ2v) is 6.56. The van der Waals surface area contributed by atoms with Gasteiger partial charge >= 0.3 is 6.03 Å². The van der Waals surface area contributed by atoms with Crippen LogP contribution in [0.3, 0.4) is 0 Å². The van der Waals surface area contributed by atoms with E-state index in [1.165, 1.54) is 5.56 Å². The first kappa shape index (κ1) is 18.0. The maximum atomic E-state index is 11.7. The molecule has 0 fully saturated rings. The minimum absolute atomic E-state index is 0.0140. The molecule has 0 radical (unpaired) electrons. The molecule has 3 amide bonds. The highest BCUT2D eigenvalue weighted by atomic mass is 32.2. The van der Waals surface area contributed by atoms with Gasteiger partial charge in [-0.3, -0.25) is 10.1 Å². The fraction of sp³-hybridized carbons (Fsp3) is 0.375. The van der Waals surface area contributed by atoms with Crippen LogP contribution in [0.15, 0.2) is 27.8 Å². The van der Waals surface area contributed by atoms with Crippen molar-refractivity contribution in [2.75, 3.05) is 5.75 Å². The van der Waals surface area contributed by atoms with Crippen LogP contribution < -0.4 is 10.6 Å². The van der Waals surface area contributed by atoms with Gasteiger partial charge in [-0.2, -0.15) is 0 Å². The molecule has 2 N–H and O–H groups in total. The van der Waals surface area contributed by atoms with Gasteiger partial charge in [0.05, 0.1) is 5.75 Å². The number of benzene rings is 1. The van der Waals surface area contributed by atoms with Gasteiger partial charge in [0.25, 0.3) is 5.22 Å². The zero-order chi connectivity index (χ0) is 17.7. The first-order valence-electron chi connectivity index (χ1n) is 7.49. The third-order valence-electron chi connectivity index (χ3n) is 3.16. The first-order valence-corrected chi connectivity index (χ1v) is 8.48. The lowest BCUT2D eigenvalue weighted by atomic mass is 10.1. The summed E-state index contributed by atoms with van der Waals surface area (Å²) in [5.74, 6) is -0.0114. The van der Waals surface area contributed by atoms with E-state index in [1.807, 2.05) is 45.9 Å². The van der Waals surface area contributed by atoms with Crippen molar-refractivity contribution in [3.05, 3.63) is 29.3 Å². The van der Waals surface area contributed by atoms with Crippen LogP contribution in [0.4, 0.5) is 4.79 Å². The predicted octanol–water partition coefficient (Wildman–Crippen LogP) is 2.68. The minimum Gasteiger partial charge on any atom is -0.411 e. The number of nitrogens with one attached hydrogen (secondary N) is 2. The van der Waals surface area contributed by atoms with Crippen LogP contribution in [0, 0.1) is 13.8 Å². The Morgan fingerprint density at radius 3 is 2.62 bits per heavy atom. The van der Waals surface area contributed by atoms with Crippen LogP contribution >= 0.6 is 11.8 Å². The summed E-state index contributed by atoms with van der Waals surface area (Å²) < 4.78 is 5.54. The Kier molecular flexibility index (Phi) is 5.97. The standard InChI is InChI=1S/C16H20N4O3S/c1-9(2)17-15(22)18-13(21)8-24-16-20-19-14(23-16)12-6-5-10(3)11(4)7-12/h5-7,9H,8H2,1-4H3,(H2,17,18,21,22). The summed E-state index contributed by atoms with van der Waals surface area (Å²) in [6.45, 7) is 7.66. The van der Waals surface area contributed by atoms with Gasteiger partial charge in [0.15, 0.2) is 0 Å². The van der Waals surface area contributed by atoms with Crippen molar-refractivity contribution in [2.24, 2.45) is 0 Å². The molecule has 128 valence electrons. The van der Waals surface area contributed by atoms with Crippen molar-refractivity contribution < 1.29 is 14.0 Å². The topological polar surface area (TPSA) is 97.1 Å². The Hall–Kier alpha value is -2.35. The number of imide groups is 1. The molecule has 8 heteroatoms. The van der Waals surface area contributed by atoms with Gasteiger partial charge in [0, 0.05) is 11.6 Å². The van der Waals surface area contributed by atoms with Crippen LogP contribution in [0.2, 0.25) is 0 Å². The number of aromatic nitrogens is 2. The molecule has 0 aliphatic carbocycles. The smallest absolute Gasteiger partial charge is 0.321 e. The maximum Gasteiger partial charge on any atom is 0.321 e. The van der Waals surface area contributed by atoms with E-state index in [0.29, 0.717) is 5.89 Å². The Morgan fingerprint density at radius 2 is 1.96 bits per heavy atom. The monoisotopic (exact) mass is 348 g/mol. The number of thioether (sulfide) groups is 1. The highest BCUT2D eigenvalue weighted by molar-refractivity contribution is 7.99. The Morgan fingerprint density at radius 1 is 1.21 bits per heavy atom. The SMILES string of the molecule is Cc1ccc(-c2nnc(SCC(=O)NC(=O)NC(C)C)o2)cc1C. The molecule has 0 saturated heterocycles. The lowest BCUT2D eigenvalue weighted by Crippen LogP contribution is -2.43. The van der Waals surface area contributed by atoms with E-state index in [2.05, 4.69) is 20.8 Å². The zero-order valence-corrected chi connectivity index (χ0v) is 14.9. The van der Waals surface area contributed by atoms with E-state index < -0.39 is 11.9 Å². The molecule has 1 aromatic carbocycles. The van der Waals surface area contributed by atoms with Gasteiger partial charge in [0.2, 0.25) is 11.8 Å². The summed E-state index contributed by atoms with van der Waals surface area (Å²) in [7, 11) is 0. The molecule has 0 bridgehead atoms. The van der Waals surface area contributed by atoms with E-state index in [-0.39, 0.29) is 17.0 Å². The molecule has 2 rings (SSSR count). The van der Waals surface area contributed by atoms with E-state index >= 15 is 0 Å². The number of urea groups is 1. The van der Waals surface area contributed by atoms with Crippen molar-refractivity contribution in [1.29, 1.82) is 0 Å². The number of carbonyl (C=O) groups excluding carboxylic acids is 2. The number of rotatable bonds is 5. The van der Waals surface area contributed by atoms with E-state index in [9.17, 15) is 9.59 Å². The number of aryl methyl sites for hydroxylation is 2. The number of hydrogen-bond acceptors (Lipinski definition) is 6. The average molecular weight is 348 g/mol. The Balaban J connectivity index is 1.91. The van der Waals surface area contributed by atoms with Crippen molar-refractivity contribution in [1.82, 2.24) is 20.8 Å². The fourth-order valence-corrected chi connectivity index (χ4v) is 2.41. The average Bonchev–Trinajstić information content (AvgIpc) is 2.96. The molecule has 0 unspecified atom stereocenters. The zero-order valence-electron chi connectivity index (χ0n) is 14.0. The molecule has 0 saturated carbocycles. The highest BCUT2D eigenvalue weighted by Gasteiger charge is 2.13. The van der Waals surface area contributed by atoms with Crippen LogP contribution in [0.25, 0.3) is 11.5 Å². The second kappa shape index (κ2) is 7.96. The predicted molar refractivity (Wildman–Crippen MR) is 91.7 cm³/mol. The van der Waals surface area contributed by atoms with Gasteiger partial charge in [-0.1, -0.05) is 17.8 Å². The molecule has 24 heavy (non-hydrogen) atoms. The third kappa shape index (κ3) is 5.09. The number of hydrogen-bond donors (Lipinski definition) is 2. The molecule has 1 aromatic heterocycles. The van der Waals surface area contributed by atoms with E-state index in [0.717, 1.165) is 22.9 Å². The van der Waals surface area contributed by atoms with Crippen LogP contribution in [0.1, 0.15) is 25.0 Å². The summed E-state index contributed by atoms with van der Waals surface area (Å²) in [6, 6.07) is 5.31. The van der Waals surface area contributed by atoms with Crippen molar-refractivity contribution in [3.8, 4) is 11.5 Å². The van der Waals surface area contributed by atoms with Crippen molar-refractivity contribution in [2.45, 2.75) is 39.0 Å². The third-order valence-corrected chi connectivity index (χ3v) is 3.98. The molecule has 2 aromatic rings. The summed E-state index contributed by atoms with van der Waals surface area (Å²) >= 11 is 1.08. The highest BCUT2D eigenvalue weighted by Crippen LogP contribution is 2.24. The van der Waals surface area contributed by atoms with Crippen LogP contribution in [0.5, 0.6) is 0 Å². The van der Waals surface area contributed by atoms with Crippen LogP contribution in [-0.2, 0) is 4.79 Å². The summed E-state index contributed by atoms with van der Waals surface area (Å²) in [6.07, 6.45) is 0. The van der Waals surface area contributed by atoms with Gasteiger partial charge in [-0.25, -0.2) is 4.79 Å². The molecule has 0 aliphatic rings. The Labute approximate surface area is 144 Å². The lowest BCUT2D eigenvalue weighted by Gasteiger charge is -2.08. The largest absolute Gasteiger partial charge is 0.411 e. The molecule has 0 aliphatic heterocycles. The maximum absolute atomic E-state index is 11.7. The van der Waals surface area contributed by atoms with E-state index in [4.69, 9.17) is 4.42 Å². The quantitative estimate of drug-likeness (QED) is 0.806. The van der Waals surface area contributed by atoms with Crippen LogP contribution in [-0.4, -0.2) is 33.9 Å². The van der Waals surface area contributed by atoms with Gasteiger partial charge in [-0.15, -0.1) is 10.2 Å². The second-order valence-electron chi connectivity index (χ2n) is 5.64. The fourth-order valence-electron chi connectivity index (χ4n) is 1.85. The normalized spacial score (nSPS) is 10.7. The lowest BCUT2D eigenvalue weighted by molar-refractivity contribution is -0.117. The molecule has 1 heterocycles. The molecule has 0 spiro atoms.